The van der Waals surface area contributed by atoms with Crippen LogP contribution in [0, 0.1) is 0 Å². The molecule has 2 heteroatoms. The Bertz CT molecular complexity index is 973. The van der Waals surface area contributed by atoms with Gasteiger partial charge in [-0.2, -0.15) is 0 Å². The number of unbranched alkanes of at least 4 members (excludes halogenated alkanes) is 1. The molecule has 2 N–H and O–H groups in total. The molecule has 24 heavy (non-hydrogen) atoms. The monoisotopic (exact) mass is 313 g/mol. The molecule has 4 aromatic rings. The lowest BCUT2D eigenvalue weighted by atomic mass is 9.87. The molecule has 4 aromatic carbocycles. The van der Waals surface area contributed by atoms with Gasteiger partial charge in [-0.25, -0.2) is 0 Å². The average Bonchev–Trinajstić information content (AvgIpc) is 2.61. The van der Waals surface area contributed by atoms with Gasteiger partial charge < -0.3 is 5.73 Å². The van der Waals surface area contributed by atoms with Crippen LogP contribution in [0.1, 0.15) is 19.8 Å². The molecule has 0 aliphatic rings. The Morgan fingerprint density at radius 1 is 0.792 bits per heavy atom. The zero-order chi connectivity index (χ0) is 16.9. The summed E-state index contributed by atoms with van der Waals surface area (Å²) >= 11 is 0. The molecule has 0 spiro atoms. The molecule has 0 unspecified atom stereocenters. The van der Waals surface area contributed by atoms with Crippen LogP contribution in [-0.4, -0.2) is 14.4 Å². The molecular weight excluding hydrogens is 289 g/mol. The van der Waals surface area contributed by atoms with E-state index < -0.39 is 0 Å². The predicted octanol–water partition coefficient (Wildman–Crippen LogP) is 4.15. The molecule has 0 saturated heterocycles. The second kappa shape index (κ2) is 7.50. The van der Waals surface area contributed by atoms with Gasteiger partial charge in [0.1, 0.15) is 7.85 Å². The molecule has 0 amide bonds. The summed E-state index contributed by atoms with van der Waals surface area (Å²) in [7, 11) is 2.19. The maximum atomic E-state index is 5.14. The van der Waals surface area contributed by atoms with Crippen LogP contribution in [0.2, 0.25) is 0 Å². The highest BCUT2D eigenvalue weighted by Gasteiger charge is 2.04. The second-order valence-electron chi connectivity index (χ2n) is 6.30. The van der Waals surface area contributed by atoms with Crippen LogP contribution in [0.15, 0.2) is 66.7 Å². The summed E-state index contributed by atoms with van der Waals surface area (Å²) in [6.45, 7) is 2.98. The smallest absolute Gasteiger partial charge is 0.140 e. The van der Waals surface area contributed by atoms with Gasteiger partial charge >= 0.3 is 0 Å². The molecule has 0 bridgehead atoms. The Morgan fingerprint density at radius 3 is 2.12 bits per heavy atom. The van der Waals surface area contributed by atoms with Gasteiger partial charge in [0.15, 0.2) is 0 Å². The largest absolute Gasteiger partial charge is 0.330 e. The van der Waals surface area contributed by atoms with E-state index in [1.165, 1.54) is 50.6 Å². The molecule has 0 saturated carbocycles. The first kappa shape index (κ1) is 16.5. The van der Waals surface area contributed by atoms with Gasteiger partial charge in [0, 0.05) is 0 Å². The zero-order valence-corrected chi connectivity index (χ0v) is 14.5. The SMILES string of the molecule is Bc1cccc2ccc3cc4ccccc4cc3c12.CCCCN. The van der Waals surface area contributed by atoms with Crippen LogP contribution in [0.4, 0.5) is 0 Å². The van der Waals surface area contributed by atoms with Gasteiger partial charge in [-0.1, -0.05) is 73.4 Å². The summed E-state index contributed by atoms with van der Waals surface area (Å²) in [6.07, 6.45) is 2.39. The van der Waals surface area contributed by atoms with Crippen molar-refractivity contribution >= 4 is 45.6 Å². The van der Waals surface area contributed by atoms with E-state index in [1.807, 2.05) is 0 Å². The van der Waals surface area contributed by atoms with Crippen LogP contribution in [0.3, 0.4) is 0 Å². The van der Waals surface area contributed by atoms with E-state index in [2.05, 4.69) is 81.5 Å². The highest BCUT2D eigenvalue weighted by molar-refractivity contribution is 6.41. The molecule has 0 heterocycles. The molecule has 0 radical (unpaired) electrons. The number of fused-ring (bicyclic) bond motifs is 4. The number of benzene rings is 4. The van der Waals surface area contributed by atoms with E-state index in [4.69, 9.17) is 5.73 Å². The van der Waals surface area contributed by atoms with E-state index in [0.29, 0.717) is 0 Å². The number of hydrogen-bond donors (Lipinski definition) is 1. The summed E-state index contributed by atoms with van der Waals surface area (Å²) in [6, 6.07) is 24.1. The van der Waals surface area contributed by atoms with Crippen molar-refractivity contribution < 1.29 is 0 Å². The van der Waals surface area contributed by atoms with Crippen LogP contribution < -0.4 is 11.2 Å². The molecule has 0 aliphatic heterocycles. The molecule has 120 valence electrons. The minimum Gasteiger partial charge on any atom is -0.330 e. The van der Waals surface area contributed by atoms with Gasteiger partial charge in [-0.3, -0.25) is 0 Å². The molecular formula is C22H24BN. The second-order valence-corrected chi connectivity index (χ2v) is 6.30. The van der Waals surface area contributed by atoms with Crippen molar-refractivity contribution in [2.75, 3.05) is 6.54 Å². The van der Waals surface area contributed by atoms with Crippen molar-refractivity contribution in [1.29, 1.82) is 0 Å². The molecule has 1 nitrogen and oxygen atoms in total. The van der Waals surface area contributed by atoms with Crippen molar-refractivity contribution in [1.82, 2.24) is 0 Å². The highest BCUT2D eigenvalue weighted by atomic mass is 14.5. The van der Waals surface area contributed by atoms with E-state index >= 15 is 0 Å². The predicted molar refractivity (Wildman–Crippen MR) is 111 cm³/mol. The zero-order valence-electron chi connectivity index (χ0n) is 14.5. The van der Waals surface area contributed by atoms with Crippen molar-refractivity contribution in [3.05, 3.63) is 66.7 Å². The van der Waals surface area contributed by atoms with Crippen LogP contribution >= 0.6 is 0 Å². The molecule has 0 fully saturated rings. The first-order chi connectivity index (χ1) is 11.7. The Kier molecular flexibility index (Phi) is 5.17. The van der Waals surface area contributed by atoms with E-state index in [0.717, 1.165) is 6.54 Å². The molecule has 0 aromatic heterocycles. The minimum absolute atomic E-state index is 0.844. The Balaban J connectivity index is 0.000000300. The Labute approximate surface area is 144 Å². The van der Waals surface area contributed by atoms with E-state index in [-0.39, 0.29) is 0 Å². The van der Waals surface area contributed by atoms with Gasteiger partial charge in [0.05, 0.1) is 0 Å². The minimum atomic E-state index is 0.844. The van der Waals surface area contributed by atoms with E-state index in [1.54, 1.807) is 0 Å². The fraction of sp³-hybridized carbons (Fsp3) is 0.182. The van der Waals surface area contributed by atoms with Gasteiger partial charge in [-0.15, -0.1) is 0 Å². The lowest BCUT2D eigenvalue weighted by Gasteiger charge is -2.08. The third-order valence-corrected chi connectivity index (χ3v) is 4.49. The number of hydrogen-bond acceptors (Lipinski definition) is 1. The van der Waals surface area contributed by atoms with Crippen LogP contribution in [0.25, 0.3) is 32.3 Å². The van der Waals surface area contributed by atoms with E-state index in [9.17, 15) is 0 Å². The van der Waals surface area contributed by atoms with Crippen molar-refractivity contribution in [3.63, 3.8) is 0 Å². The summed E-state index contributed by atoms with van der Waals surface area (Å²) < 4.78 is 0. The van der Waals surface area contributed by atoms with Crippen LogP contribution in [0.5, 0.6) is 0 Å². The van der Waals surface area contributed by atoms with Gasteiger partial charge in [0.2, 0.25) is 0 Å². The standard InChI is InChI=1S/C18H13B.C4H11N/c19-17-7-3-6-12-8-9-15-10-13-4-1-2-5-14(13)11-16(15)18(12)17;1-2-3-4-5/h1-11H,19H2;2-5H2,1H3. The van der Waals surface area contributed by atoms with Gasteiger partial charge in [0.25, 0.3) is 0 Å². The molecule has 0 atom stereocenters. The third kappa shape index (κ3) is 3.29. The fourth-order valence-corrected chi connectivity index (χ4v) is 3.19. The Hall–Kier alpha value is -2.32. The quantitative estimate of drug-likeness (QED) is 0.336. The summed E-state index contributed by atoms with van der Waals surface area (Å²) in [4.78, 5) is 0. The summed E-state index contributed by atoms with van der Waals surface area (Å²) in [5, 5.41) is 8.00. The Morgan fingerprint density at radius 2 is 1.46 bits per heavy atom. The van der Waals surface area contributed by atoms with Crippen molar-refractivity contribution in [3.8, 4) is 0 Å². The average molecular weight is 313 g/mol. The first-order valence-corrected chi connectivity index (χ1v) is 8.75. The normalized spacial score (nSPS) is 10.8. The van der Waals surface area contributed by atoms with Gasteiger partial charge in [-0.05, 0) is 57.4 Å². The molecule has 4 rings (SSSR count). The lowest BCUT2D eigenvalue weighted by molar-refractivity contribution is 0.807. The number of nitrogens with two attached hydrogens (primary N) is 1. The maximum absolute atomic E-state index is 5.14. The summed E-state index contributed by atoms with van der Waals surface area (Å²) in [5.74, 6) is 0. The topological polar surface area (TPSA) is 26.0 Å². The molecule has 0 aliphatic carbocycles. The van der Waals surface area contributed by atoms with Crippen LogP contribution in [-0.2, 0) is 0 Å². The van der Waals surface area contributed by atoms with Crippen molar-refractivity contribution in [2.45, 2.75) is 19.8 Å². The summed E-state index contributed by atoms with van der Waals surface area (Å²) in [5.41, 5.74) is 6.48. The fourth-order valence-electron chi connectivity index (χ4n) is 3.19. The highest BCUT2D eigenvalue weighted by Crippen LogP contribution is 2.28. The van der Waals surface area contributed by atoms with Crippen molar-refractivity contribution in [2.24, 2.45) is 5.73 Å². The third-order valence-electron chi connectivity index (χ3n) is 4.49. The first-order valence-electron chi connectivity index (χ1n) is 8.75. The number of rotatable bonds is 2. The maximum Gasteiger partial charge on any atom is 0.140 e. The lowest BCUT2D eigenvalue weighted by Crippen LogP contribution is -2.03.